The van der Waals surface area contributed by atoms with E-state index in [2.05, 4.69) is 55.8 Å². The van der Waals surface area contributed by atoms with Gasteiger partial charge in [-0.25, -0.2) is 0 Å². The standard InChI is InChI=1S/C15H18ClNS2/c1-4-17-14(13-9-10(2)15(16)19-13)11-5-7-12(18-3)8-6-11/h5-9,14,17H,4H2,1-3H3. The lowest BCUT2D eigenvalue weighted by Crippen LogP contribution is -2.20. The normalized spacial score (nSPS) is 12.6. The van der Waals surface area contributed by atoms with Crippen molar-refractivity contribution in [1.29, 1.82) is 0 Å². The van der Waals surface area contributed by atoms with Crippen molar-refractivity contribution in [2.24, 2.45) is 0 Å². The third-order valence-corrected chi connectivity index (χ3v) is 5.38. The molecular weight excluding hydrogens is 294 g/mol. The van der Waals surface area contributed by atoms with Crippen LogP contribution in [0.15, 0.2) is 35.2 Å². The smallest absolute Gasteiger partial charge is 0.0961 e. The van der Waals surface area contributed by atoms with Gasteiger partial charge < -0.3 is 5.32 Å². The first-order valence-corrected chi connectivity index (χ1v) is 8.70. The summed E-state index contributed by atoms with van der Waals surface area (Å²) in [6.07, 6.45) is 2.10. The van der Waals surface area contributed by atoms with Crippen LogP contribution in [0.1, 0.15) is 29.0 Å². The number of hydrogen-bond donors (Lipinski definition) is 1. The predicted octanol–water partition coefficient (Wildman–Crippen LogP) is 5.13. The summed E-state index contributed by atoms with van der Waals surface area (Å²) in [5.74, 6) is 0. The number of thioether (sulfide) groups is 1. The topological polar surface area (TPSA) is 12.0 Å². The van der Waals surface area contributed by atoms with Crippen LogP contribution < -0.4 is 5.32 Å². The van der Waals surface area contributed by atoms with E-state index in [1.807, 2.05) is 0 Å². The van der Waals surface area contributed by atoms with Crippen LogP contribution >= 0.6 is 34.7 Å². The summed E-state index contributed by atoms with van der Waals surface area (Å²) >= 11 is 9.63. The maximum atomic E-state index is 6.20. The zero-order chi connectivity index (χ0) is 13.8. The van der Waals surface area contributed by atoms with Crippen LogP contribution in [0.2, 0.25) is 4.34 Å². The minimum absolute atomic E-state index is 0.233. The molecule has 0 spiro atoms. The van der Waals surface area contributed by atoms with E-state index in [0.717, 1.165) is 16.4 Å². The molecule has 1 N–H and O–H groups in total. The fourth-order valence-corrected chi connectivity index (χ4v) is 3.74. The van der Waals surface area contributed by atoms with Gasteiger partial charge >= 0.3 is 0 Å². The molecule has 4 heteroatoms. The van der Waals surface area contributed by atoms with Crippen molar-refractivity contribution >= 4 is 34.7 Å². The van der Waals surface area contributed by atoms with E-state index in [1.165, 1.54) is 15.3 Å². The lowest BCUT2D eigenvalue weighted by molar-refractivity contribution is 0.639. The molecule has 0 saturated heterocycles. The fourth-order valence-electron chi connectivity index (χ4n) is 2.01. The average molecular weight is 312 g/mol. The number of nitrogens with one attached hydrogen (secondary N) is 1. The van der Waals surface area contributed by atoms with E-state index < -0.39 is 0 Å². The second-order valence-corrected chi connectivity index (χ2v) is 6.93. The number of benzene rings is 1. The van der Waals surface area contributed by atoms with Crippen LogP contribution in [0, 0.1) is 6.92 Å². The Kier molecular flexibility index (Phi) is 5.34. The molecule has 1 nitrogen and oxygen atoms in total. The summed E-state index contributed by atoms with van der Waals surface area (Å²) in [5, 5.41) is 3.54. The minimum atomic E-state index is 0.233. The second-order valence-electron chi connectivity index (χ2n) is 4.37. The molecule has 1 atom stereocenters. The molecule has 19 heavy (non-hydrogen) atoms. The second kappa shape index (κ2) is 6.80. The zero-order valence-corrected chi connectivity index (χ0v) is 13.8. The van der Waals surface area contributed by atoms with Crippen molar-refractivity contribution in [3.05, 3.63) is 50.7 Å². The molecule has 102 valence electrons. The van der Waals surface area contributed by atoms with Crippen LogP contribution in [0.3, 0.4) is 0 Å². The van der Waals surface area contributed by atoms with Gasteiger partial charge in [0.05, 0.1) is 10.4 Å². The highest BCUT2D eigenvalue weighted by atomic mass is 35.5. The van der Waals surface area contributed by atoms with Crippen LogP contribution in [0.5, 0.6) is 0 Å². The van der Waals surface area contributed by atoms with Gasteiger partial charge in [-0.3, -0.25) is 0 Å². The molecule has 0 radical (unpaired) electrons. The molecule has 1 aromatic carbocycles. The first kappa shape index (κ1) is 14.9. The molecule has 0 saturated carbocycles. The monoisotopic (exact) mass is 311 g/mol. The van der Waals surface area contributed by atoms with Crippen molar-refractivity contribution in [2.45, 2.75) is 24.8 Å². The van der Waals surface area contributed by atoms with Crippen molar-refractivity contribution < 1.29 is 0 Å². The third-order valence-electron chi connectivity index (χ3n) is 3.02. The van der Waals surface area contributed by atoms with Gasteiger partial charge in [-0.1, -0.05) is 30.7 Å². The number of aryl methyl sites for hydroxylation is 1. The van der Waals surface area contributed by atoms with Gasteiger partial charge in [0.2, 0.25) is 0 Å². The van der Waals surface area contributed by atoms with Gasteiger partial charge in [-0.05, 0) is 49.1 Å². The fraction of sp³-hybridized carbons (Fsp3) is 0.333. The lowest BCUT2D eigenvalue weighted by atomic mass is 10.0. The summed E-state index contributed by atoms with van der Waals surface area (Å²) in [4.78, 5) is 2.57. The Labute approximate surface area is 128 Å². The Morgan fingerprint density at radius 1 is 1.32 bits per heavy atom. The molecule has 0 aliphatic carbocycles. The van der Waals surface area contributed by atoms with Crippen LogP contribution in [0.25, 0.3) is 0 Å². The molecule has 1 aromatic heterocycles. The summed E-state index contributed by atoms with van der Waals surface area (Å²) in [5.41, 5.74) is 2.45. The maximum Gasteiger partial charge on any atom is 0.0961 e. The van der Waals surface area contributed by atoms with Gasteiger partial charge in [0.1, 0.15) is 0 Å². The first-order valence-electron chi connectivity index (χ1n) is 6.29. The van der Waals surface area contributed by atoms with Crippen molar-refractivity contribution in [1.82, 2.24) is 5.32 Å². The number of rotatable bonds is 5. The predicted molar refractivity (Wildman–Crippen MR) is 87.8 cm³/mol. The Morgan fingerprint density at radius 2 is 2.00 bits per heavy atom. The summed E-state index contributed by atoms with van der Waals surface area (Å²) < 4.78 is 0.888. The number of hydrogen-bond acceptors (Lipinski definition) is 3. The Balaban J connectivity index is 2.33. The third kappa shape index (κ3) is 3.54. The van der Waals surface area contributed by atoms with E-state index in [4.69, 9.17) is 11.6 Å². The molecular formula is C15H18ClNS2. The maximum absolute atomic E-state index is 6.20. The van der Waals surface area contributed by atoms with Gasteiger partial charge in [0.25, 0.3) is 0 Å². The average Bonchev–Trinajstić information content (AvgIpc) is 2.76. The number of halogens is 1. The SMILES string of the molecule is CCNC(c1ccc(SC)cc1)c1cc(C)c(Cl)s1. The molecule has 0 bridgehead atoms. The van der Waals surface area contributed by atoms with Crippen molar-refractivity contribution in [3.8, 4) is 0 Å². The highest BCUT2D eigenvalue weighted by Crippen LogP contribution is 2.34. The largest absolute Gasteiger partial charge is 0.306 e. The lowest BCUT2D eigenvalue weighted by Gasteiger charge is -2.17. The van der Waals surface area contributed by atoms with Gasteiger partial charge in [-0.2, -0.15) is 0 Å². The van der Waals surface area contributed by atoms with Crippen LogP contribution in [0.4, 0.5) is 0 Å². The highest BCUT2D eigenvalue weighted by molar-refractivity contribution is 7.98. The zero-order valence-electron chi connectivity index (χ0n) is 11.4. The van der Waals surface area contributed by atoms with Crippen LogP contribution in [-0.2, 0) is 0 Å². The van der Waals surface area contributed by atoms with Crippen molar-refractivity contribution in [2.75, 3.05) is 12.8 Å². The molecule has 0 amide bonds. The molecule has 2 rings (SSSR count). The number of thiophene rings is 1. The van der Waals surface area contributed by atoms with Crippen LogP contribution in [-0.4, -0.2) is 12.8 Å². The summed E-state index contributed by atoms with van der Waals surface area (Å²) in [6, 6.07) is 11.2. The minimum Gasteiger partial charge on any atom is -0.306 e. The first-order chi connectivity index (χ1) is 9.15. The van der Waals surface area contributed by atoms with E-state index in [1.54, 1.807) is 23.1 Å². The molecule has 1 heterocycles. The van der Waals surface area contributed by atoms with E-state index in [9.17, 15) is 0 Å². The summed E-state index contributed by atoms with van der Waals surface area (Å²) in [6.45, 7) is 5.12. The van der Waals surface area contributed by atoms with Gasteiger partial charge in [0, 0.05) is 9.77 Å². The molecule has 0 fully saturated rings. The van der Waals surface area contributed by atoms with Crippen molar-refractivity contribution in [3.63, 3.8) is 0 Å². The van der Waals surface area contributed by atoms with E-state index in [0.29, 0.717) is 0 Å². The van der Waals surface area contributed by atoms with Gasteiger partial charge in [-0.15, -0.1) is 23.1 Å². The van der Waals surface area contributed by atoms with Gasteiger partial charge in [0.15, 0.2) is 0 Å². The Morgan fingerprint density at radius 3 is 2.47 bits per heavy atom. The Bertz CT molecular complexity index is 514. The highest BCUT2D eigenvalue weighted by Gasteiger charge is 2.16. The molecule has 0 aliphatic heterocycles. The molecule has 2 aromatic rings. The van der Waals surface area contributed by atoms with E-state index >= 15 is 0 Å². The quantitative estimate of drug-likeness (QED) is 0.768. The van der Waals surface area contributed by atoms with E-state index in [-0.39, 0.29) is 6.04 Å². The summed E-state index contributed by atoms with van der Waals surface area (Å²) in [7, 11) is 0. The molecule has 0 aliphatic rings. The molecule has 1 unspecified atom stereocenters. The Hall–Kier alpha value is -0.480.